The maximum Gasteiger partial charge on any atom is 0.164 e. The van der Waals surface area contributed by atoms with Crippen molar-refractivity contribution >= 4 is 23.5 Å². The molecule has 0 aliphatic carbocycles. The summed E-state index contributed by atoms with van der Waals surface area (Å²) in [6, 6.07) is 6.82. The third-order valence-electron chi connectivity index (χ3n) is 3.96. The molecule has 1 aromatic rings. The molecule has 1 N–H and O–H groups in total. The molecule has 0 radical (unpaired) electrons. The van der Waals surface area contributed by atoms with Gasteiger partial charge in [-0.1, -0.05) is 12.1 Å². The van der Waals surface area contributed by atoms with Crippen LogP contribution in [-0.2, 0) is 6.42 Å². The molecule has 2 aliphatic heterocycles. The van der Waals surface area contributed by atoms with Gasteiger partial charge in [0.1, 0.15) is 0 Å². The summed E-state index contributed by atoms with van der Waals surface area (Å²) in [5, 5.41) is 3.74. The van der Waals surface area contributed by atoms with Gasteiger partial charge in [-0.15, -0.1) is 0 Å². The van der Waals surface area contributed by atoms with Crippen LogP contribution in [0.1, 0.15) is 5.56 Å². The molecule has 3 nitrogen and oxygen atoms in total. The second kappa shape index (κ2) is 7.65. The van der Waals surface area contributed by atoms with Gasteiger partial charge in [-0.3, -0.25) is 0 Å². The highest BCUT2D eigenvalue weighted by molar-refractivity contribution is 8.03. The van der Waals surface area contributed by atoms with E-state index in [1.807, 2.05) is 6.07 Å². The zero-order valence-corrected chi connectivity index (χ0v) is 14.1. The highest BCUT2D eigenvalue weighted by atomic mass is 32.2. The first kappa shape index (κ1) is 15.4. The van der Waals surface area contributed by atoms with E-state index in [2.05, 4.69) is 41.0 Å². The summed E-state index contributed by atoms with van der Waals surface area (Å²) < 4.78 is 11.3. The lowest BCUT2D eigenvalue weighted by molar-refractivity contribution is 0.207. The maximum atomic E-state index is 5.95. The van der Waals surface area contributed by atoms with Gasteiger partial charge in [0.15, 0.2) is 11.5 Å². The van der Waals surface area contributed by atoms with E-state index in [1.54, 1.807) is 7.11 Å². The Labute approximate surface area is 135 Å². The highest BCUT2D eigenvalue weighted by Gasteiger charge is 2.23. The zero-order valence-electron chi connectivity index (χ0n) is 12.5. The number of methoxy groups -OCH3 is 1. The number of rotatable bonds is 4. The molecule has 1 saturated heterocycles. The minimum Gasteiger partial charge on any atom is -0.493 e. The first-order valence-electron chi connectivity index (χ1n) is 7.54. The van der Waals surface area contributed by atoms with E-state index in [0.29, 0.717) is 12.0 Å². The first-order valence-corrected chi connectivity index (χ1v) is 9.85. The number of hydrogen-bond donors (Lipinski definition) is 1. The monoisotopic (exact) mass is 325 g/mol. The highest BCUT2D eigenvalue weighted by Crippen LogP contribution is 2.35. The second-order valence-electron chi connectivity index (χ2n) is 5.58. The van der Waals surface area contributed by atoms with Crippen molar-refractivity contribution < 1.29 is 9.47 Å². The molecule has 2 aliphatic rings. The van der Waals surface area contributed by atoms with E-state index < -0.39 is 0 Å². The standard InChI is InChI=1S/C16H23NO2S2/c1-18-15-4-2-3-13-7-12(9-19-16(13)15)8-17-14-10-20-5-6-21-11-14/h2-4,12,14,17H,5-11H2,1H3/t12-/m0/s1. The zero-order chi connectivity index (χ0) is 14.5. The van der Waals surface area contributed by atoms with Gasteiger partial charge < -0.3 is 14.8 Å². The number of hydrogen-bond acceptors (Lipinski definition) is 5. The Bertz CT molecular complexity index is 462. The van der Waals surface area contributed by atoms with Crippen molar-refractivity contribution in [3.8, 4) is 11.5 Å². The lowest BCUT2D eigenvalue weighted by Gasteiger charge is -2.28. The molecule has 21 heavy (non-hydrogen) atoms. The number of para-hydroxylation sites is 1. The average molecular weight is 325 g/mol. The molecule has 1 fully saturated rings. The largest absolute Gasteiger partial charge is 0.493 e. The Kier molecular flexibility index (Phi) is 5.61. The first-order chi connectivity index (χ1) is 10.4. The van der Waals surface area contributed by atoms with E-state index >= 15 is 0 Å². The molecule has 0 saturated carbocycles. The molecular weight excluding hydrogens is 302 g/mol. The summed E-state index contributed by atoms with van der Waals surface area (Å²) in [6.45, 7) is 1.83. The topological polar surface area (TPSA) is 30.5 Å². The third-order valence-corrected chi connectivity index (χ3v) is 6.48. The van der Waals surface area contributed by atoms with Crippen LogP contribution in [-0.4, -0.2) is 49.3 Å². The molecule has 2 heterocycles. The Morgan fingerprint density at radius 1 is 1.29 bits per heavy atom. The van der Waals surface area contributed by atoms with Crippen LogP contribution in [0.4, 0.5) is 0 Å². The van der Waals surface area contributed by atoms with Crippen LogP contribution in [0.5, 0.6) is 11.5 Å². The molecule has 3 rings (SSSR count). The second-order valence-corrected chi connectivity index (χ2v) is 7.88. The molecule has 0 amide bonds. The smallest absolute Gasteiger partial charge is 0.164 e. The normalized spacial score (nSPS) is 23.0. The van der Waals surface area contributed by atoms with Crippen molar-refractivity contribution in [1.29, 1.82) is 0 Å². The van der Waals surface area contributed by atoms with Gasteiger partial charge in [0.05, 0.1) is 13.7 Å². The number of benzene rings is 1. The number of fused-ring (bicyclic) bond motifs is 1. The van der Waals surface area contributed by atoms with Crippen molar-refractivity contribution in [3.63, 3.8) is 0 Å². The predicted octanol–water partition coefficient (Wildman–Crippen LogP) is 2.68. The van der Waals surface area contributed by atoms with Crippen LogP contribution in [0.3, 0.4) is 0 Å². The van der Waals surface area contributed by atoms with E-state index in [4.69, 9.17) is 9.47 Å². The fraction of sp³-hybridized carbons (Fsp3) is 0.625. The SMILES string of the molecule is COc1cccc2c1OC[C@H](CNC1CSCCSC1)C2. The van der Waals surface area contributed by atoms with Crippen molar-refractivity contribution in [2.75, 3.05) is 43.3 Å². The van der Waals surface area contributed by atoms with E-state index in [1.165, 1.54) is 28.6 Å². The molecular formula is C16H23NO2S2. The lowest BCUT2D eigenvalue weighted by atomic mass is 9.96. The molecule has 0 bridgehead atoms. The Morgan fingerprint density at radius 2 is 2.10 bits per heavy atom. The summed E-state index contributed by atoms with van der Waals surface area (Å²) in [4.78, 5) is 0. The van der Waals surface area contributed by atoms with Gasteiger partial charge in [-0.05, 0) is 18.1 Å². The van der Waals surface area contributed by atoms with E-state index in [9.17, 15) is 0 Å². The summed E-state index contributed by atoms with van der Waals surface area (Å²) in [7, 11) is 1.70. The number of ether oxygens (including phenoxy) is 2. The minimum absolute atomic E-state index is 0.558. The van der Waals surface area contributed by atoms with E-state index in [0.717, 1.165) is 31.1 Å². The van der Waals surface area contributed by atoms with Crippen molar-refractivity contribution in [3.05, 3.63) is 23.8 Å². The van der Waals surface area contributed by atoms with Crippen molar-refractivity contribution in [2.45, 2.75) is 12.5 Å². The van der Waals surface area contributed by atoms with Crippen molar-refractivity contribution in [2.24, 2.45) is 5.92 Å². The van der Waals surface area contributed by atoms with Crippen molar-refractivity contribution in [1.82, 2.24) is 5.32 Å². The quantitative estimate of drug-likeness (QED) is 0.920. The summed E-state index contributed by atoms with van der Waals surface area (Å²) in [5.41, 5.74) is 1.28. The third kappa shape index (κ3) is 4.02. The fourth-order valence-electron chi connectivity index (χ4n) is 2.82. The molecule has 116 valence electrons. The van der Waals surface area contributed by atoms with Crippen LogP contribution < -0.4 is 14.8 Å². The summed E-state index contributed by atoms with van der Waals surface area (Å²) in [5.74, 6) is 7.43. The maximum absolute atomic E-state index is 5.95. The van der Waals surface area contributed by atoms with Gasteiger partial charge in [0.25, 0.3) is 0 Å². The Balaban J connectivity index is 1.54. The predicted molar refractivity (Wildman–Crippen MR) is 92.1 cm³/mol. The van der Waals surface area contributed by atoms with Gasteiger partial charge in [0.2, 0.25) is 0 Å². The van der Waals surface area contributed by atoms with Gasteiger partial charge in [0, 0.05) is 41.5 Å². The number of nitrogens with one attached hydrogen (secondary N) is 1. The van der Waals surface area contributed by atoms with Crippen LogP contribution >= 0.6 is 23.5 Å². The van der Waals surface area contributed by atoms with Crippen LogP contribution in [0.2, 0.25) is 0 Å². The minimum atomic E-state index is 0.558. The molecule has 1 aromatic carbocycles. The number of thioether (sulfide) groups is 2. The molecule has 5 heteroatoms. The average Bonchev–Trinajstić information content (AvgIpc) is 2.80. The Morgan fingerprint density at radius 3 is 2.86 bits per heavy atom. The van der Waals surface area contributed by atoms with Crippen LogP contribution in [0.25, 0.3) is 0 Å². The van der Waals surface area contributed by atoms with Crippen LogP contribution in [0.15, 0.2) is 18.2 Å². The molecule has 0 spiro atoms. The molecule has 0 unspecified atom stereocenters. The van der Waals surface area contributed by atoms with Gasteiger partial charge >= 0.3 is 0 Å². The Hall–Kier alpha value is -0.520. The molecule has 0 aromatic heterocycles. The summed E-state index contributed by atoms with van der Waals surface area (Å²) in [6.07, 6.45) is 1.08. The van der Waals surface area contributed by atoms with E-state index in [-0.39, 0.29) is 0 Å². The molecule has 1 atom stereocenters. The summed E-state index contributed by atoms with van der Waals surface area (Å²) >= 11 is 4.15. The van der Waals surface area contributed by atoms with Gasteiger partial charge in [-0.2, -0.15) is 23.5 Å². The van der Waals surface area contributed by atoms with Gasteiger partial charge in [-0.25, -0.2) is 0 Å². The van der Waals surface area contributed by atoms with Crippen LogP contribution in [0, 0.1) is 5.92 Å². The fourth-order valence-corrected chi connectivity index (χ4v) is 5.28. The lowest BCUT2D eigenvalue weighted by Crippen LogP contribution is -2.39.